The molecule has 2 N–H and O–H groups in total. The number of likely N-dealkylation sites (N-methyl/N-ethyl adjacent to an activating group) is 1. The van der Waals surface area contributed by atoms with E-state index in [9.17, 15) is 14.7 Å². The van der Waals surface area contributed by atoms with Gasteiger partial charge in [-0.3, -0.25) is 9.59 Å². The molecule has 0 radical (unpaired) electrons. The van der Waals surface area contributed by atoms with Crippen molar-refractivity contribution in [2.75, 3.05) is 11.9 Å². The molecular formula is C29H31N3O4. The van der Waals surface area contributed by atoms with Crippen LogP contribution in [0.25, 0.3) is 0 Å². The zero-order chi connectivity index (χ0) is 25.1. The lowest BCUT2D eigenvalue weighted by Gasteiger charge is -2.25. The lowest BCUT2D eigenvalue weighted by molar-refractivity contribution is -0.133. The maximum absolute atomic E-state index is 13.5. The summed E-state index contributed by atoms with van der Waals surface area (Å²) in [6, 6.07) is 20.9. The van der Waals surface area contributed by atoms with E-state index in [1.807, 2.05) is 66.7 Å². The first-order valence-electron chi connectivity index (χ1n) is 12.5. The molecule has 1 aliphatic carbocycles. The lowest BCUT2D eigenvalue weighted by Crippen LogP contribution is -2.49. The average Bonchev–Trinajstić information content (AvgIpc) is 3.60. The fraction of sp³-hybridized carbons (Fsp3) is 0.345. The second-order valence-corrected chi connectivity index (χ2v) is 9.64. The lowest BCUT2D eigenvalue weighted by atomic mass is 9.91. The summed E-state index contributed by atoms with van der Waals surface area (Å²) >= 11 is 0. The van der Waals surface area contributed by atoms with Gasteiger partial charge in [0.15, 0.2) is 0 Å². The van der Waals surface area contributed by atoms with E-state index in [-0.39, 0.29) is 11.8 Å². The van der Waals surface area contributed by atoms with Crippen LogP contribution in [-0.2, 0) is 16.0 Å². The van der Waals surface area contributed by atoms with Crippen LogP contribution in [0.1, 0.15) is 42.6 Å². The van der Waals surface area contributed by atoms with Crippen LogP contribution in [0.5, 0.6) is 0 Å². The molecule has 5 rings (SSSR count). The van der Waals surface area contributed by atoms with Gasteiger partial charge >= 0.3 is 0 Å². The Hall–Kier alpha value is -3.71. The van der Waals surface area contributed by atoms with E-state index in [2.05, 4.69) is 5.32 Å². The van der Waals surface area contributed by atoms with E-state index in [1.165, 1.54) is 0 Å². The summed E-state index contributed by atoms with van der Waals surface area (Å²) in [7, 11) is 1.70. The molecule has 0 saturated heterocycles. The minimum Gasteiger partial charge on any atom is -0.469 e. The summed E-state index contributed by atoms with van der Waals surface area (Å²) in [6.45, 7) is 0. The number of aliphatic hydroxyl groups excluding tert-OH is 1. The van der Waals surface area contributed by atoms with Gasteiger partial charge in [-0.2, -0.15) is 0 Å². The number of furan rings is 1. The number of benzodiazepines with no additional fused rings is 1. The number of hydrogen-bond donors (Lipinski definition) is 2. The van der Waals surface area contributed by atoms with Gasteiger partial charge in [0.05, 0.1) is 29.7 Å². The SMILES string of the molecule is CN1C(=O)[C@@H](NC(=O)[C@H](CC2CC2)[C@@H](O)CCc2ccco2)N=C(c2ccccc2)c2ccccc21. The van der Waals surface area contributed by atoms with Gasteiger partial charge in [0.2, 0.25) is 12.1 Å². The summed E-state index contributed by atoms with van der Waals surface area (Å²) in [5.41, 5.74) is 3.06. The number of carbonyl (C=O) groups is 2. The molecular weight excluding hydrogens is 454 g/mol. The van der Waals surface area contributed by atoms with Crippen molar-refractivity contribution in [3.8, 4) is 0 Å². The number of anilines is 1. The molecule has 1 saturated carbocycles. The van der Waals surface area contributed by atoms with Crippen molar-refractivity contribution in [1.29, 1.82) is 0 Å². The number of carbonyl (C=O) groups excluding carboxylic acids is 2. The molecule has 2 heterocycles. The van der Waals surface area contributed by atoms with Crippen LogP contribution >= 0.6 is 0 Å². The van der Waals surface area contributed by atoms with E-state index in [0.29, 0.717) is 30.9 Å². The van der Waals surface area contributed by atoms with Crippen molar-refractivity contribution < 1.29 is 19.1 Å². The van der Waals surface area contributed by atoms with Crippen LogP contribution in [0.15, 0.2) is 82.4 Å². The molecule has 3 atom stereocenters. The number of nitrogens with zero attached hydrogens (tertiary/aromatic N) is 2. The first-order valence-corrected chi connectivity index (χ1v) is 12.5. The molecule has 1 aliphatic heterocycles. The highest BCUT2D eigenvalue weighted by atomic mass is 16.3. The number of hydrogen-bond acceptors (Lipinski definition) is 5. The van der Waals surface area contributed by atoms with E-state index < -0.39 is 18.2 Å². The van der Waals surface area contributed by atoms with Crippen molar-refractivity contribution in [1.82, 2.24) is 5.32 Å². The Balaban J connectivity index is 1.41. The van der Waals surface area contributed by atoms with Crippen molar-refractivity contribution in [3.63, 3.8) is 0 Å². The predicted molar refractivity (Wildman–Crippen MR) is 138 cm³/mol. The van der Waals surface area contributed by atoms with Crippen molar-refractivity contribution in [3.05, 3.63) is 89.9 Å². The molecule has 0 bridgehead atoms. The Kier molecular flexibility index (Phi) is 7.00. The molecule has 7 nitrogen and oxygen atoms in total. The molecule has 3 aromatic rings. The number of benzene rings is 2. The van der Waals surface area contributed by atoms with E-state index >= 15 is 0 Å². The maximum Gasteiger partial charge on any atom is 0.272 e. The molecule has 2 amide bonds. The van der Waals surface area contributed by atoms with Crippen LogP contribution in [0.2, 0.25) is 0 Å². The van der Waals surface area contributed by atoms with Gasteiger partial charge in [0, 0.05) is 24.6 Å². The van der Waals surface area contributed by atoms with Gasteiger partial charge < -0.3 is 19.7 Å². The number of rotatable bonds is 9. The first kappa shape index (κ1) is 24.0. The average molecular weight is 486 g/mol. The van der Waals surface area contributed by atoms with Gasteiger partial charge in [-0.25, -0.2) is 4.99 Å². The number of fused-ring (bicyclic) bond motifs is 1. The topological polar surface area (TPSA) is 95.1 Å². The third-order valence-corrected chi connectivity index (χ3v) is 7.02. The van der Waals surface area contributed by atoms with E-state index in [1.54, 1.807) is 18.2 Å². The smallest absolute Gasteiger partial charge is 0.272 e. The number of amides is 2. The Morgan fingerprint density at radius 3 is 2.58 bits per heavy atom. The Bertz CT molecular complexity index is 1230. The minimum absolute atomic E-state index is 0.322. The number of nitrogens with one attached hydrogen (secondary N) is 1. The van der Waals surface area contributed by atoms with Crippen LogP contribution in [0.3, 0.4) is 0 Å². The fourth-order valence-electron chi connectivity index (χ4n) is 4.78. The Morgan fingerprint density at radius 2 is 1.86 bits per heavy atom. The second-order valence-electron chi connectivity index (χ2n) is 9.64. The summed E-state index contributed by atoms with van der Waals surface area (Å²) in [6.07, 6.45) is 3.33. The molecule has 2 aliphatic rings. The molecule has 0 unspecified atom stereocenters. The molecule has 36 heavy (non-hydrogen) atoms. The monoisotopic (exact) mass is 485 g/mol. The number of aryl methyl sites for hydroxylation is 1. The third-order valence-electron chi connectivity index (χ3n) is 7.02. The van der Waals surface area contributed by atoms with Crippen LogP contribution in [-0.4, -0.2) is 41.9 Å². The van der Waals surface area contributed by atoms with Gasteiger partial charge in [0.25, 0.3) is 5.91 Å². The van der Waals surface area contributed by atoms with Crippen molar-refractivity contribution >= 4 is 23.2 Å². The number of aliphatic hydroxyl groups is 1. The first-order chi connectivity index (χ1) is 17.5. The highest BCUT2D eigenvalue weighted by Crippen LogP contribution is 2.37. The highest BCUT2D eigenvalue weighted by Gasteiger charge is 2.37. The van der Waals surface area contributed by atoms with Gasteiger partial charge in [-0.1, -0.05) is 61.4 Å². The molecule has 186 valence electrons. The van der Waals surface area contributed by atoms with Crippen LogP contribution < -0.4 is 10.2 Å². The van der Waals surface area contributed by atoms with Gasteiger partial charge in [-0.05, 0) is 37.0 Å². The predicted octanol–water partition coefficient (Wildman–Crippen LogP) is 3.95. The zero-order valence-corrected chi connectivity index (χ0v) is 20.3. The minimum atomic E-state index is -1.09. The Labute approximate surface area is 210 Å². The largest absolute Gasteiger partial charge is 0.469 e. The zero-order valence-electron chi connectivity index (χ0n) is 20.3. The standard InChI is InChI=1S/C29H31N3O4/c1-32-24-12-6-5-11-22(24)26(20-8-3-2-4-9-20)30-27(29(32)35)31-28(34)23(18-19-13-14-19)25(33)16-15-21-10-7-17-36-21/h2-12,17,19,23,25,27,33H,13-16,18H2,1H3,(H,31,34)/t23-,25+,27-/m1/s1. The molecule has 1 aromatic heterocycles. The summed E-state index contributed by atoms with van der Waals surface area (Å²) < 4.78 is 5.38. The highest BCUT2D eigenvalue weighted by molar-refractivity contribution is 6.20. The van der Waals surface area contributed by atoms with Gasteiger partial charge in [-0.15, -0.1) is 0 Å². The molecule has 7 heteroatoms. The van der Waals surface area contributed by atoms with Crippen molar-refractivity contribution in [2.45, 2.75) is 44.4 Å². The number of para-hydroxylation sites is 1. The van der Waals surface area contributed by atoms with E-state index in [0.717, 1.165) is 35.4 Å². The second kappa shape index (κ2) is 10.5. The maximum atomic E-state index is 13.5. The molecule has 0 spiro atoms. The van der Waals surface area contributed by atoms with Crippen molar-refractivity contribution in [2.24, 2.45) is 16.8 Å². The third kappa shape index (κ3) is 5.26. The molecule has 1 fully saturated rings. The van der Waals surface area contributed by atoms with Gasteiger partial charge in [0.1, 0.15) is 5.76 Å². The fourth-order valence-corrected chi connectivity index (χ4v) is 4.78. The van der Waals surface area contributed by atoms with Crippen LogP contribution in [0.4, 0.5) is 5.69 Å². The quantitative estimate of drug-likeness (QED) is 0.480. The van der Waals surface area contributed by atoms with E-state index in [4.69, 9.17) is 9.41 Å². The molecule has 2 aromatic carbocycles. The number of aliphatic imine (C=N–C) groups is 1. The van der Waals surface area contributed by atoms with Crippen LogP contribution in [0, 0.1) is 11.8 Å². The summed E-state index contributed by atoms with van der Waals surface area (Å²) in [5, 5.41) is 13.9. The summed E-state index contributed by atoms with van der Waals surface area (Å²) in [4.78, 5) is 33.3. The summed E-state index contributed by atoms with van der Waals surface area (Å²) in [5.74, 6) is -0.0829. The Morgan fingerprint density at radius 1 is 1.11 bits per heavy atom. The normalized spacial score (nSPS) is 19.2.